The Hall–Kier alpha value is -0.940. The molecule has 1 atom stereocenters. The number of hydrogen-bond donors (Lipinski definition) is 1. The molecule has 2 aromatic rings. The maximum Gasteiger partial charge on any atom is 0.126 e. The largest absolute Gasteiger partial charge is 0.310 e. The molecule has 0 aliphatic rings. The van der Waals surface area contributed by atoms with Crippen molar-refractivity contribution in [2.24, 2.45) is 0 Å². The summed E-state index contributed by atoms with van der Waals surface area (Å²) in [6, 6.07) is 14.1. The maximum absolute atomic E-state index is 13.7. The smallest absolute Gasteiger partial charge is 0.126 e. The molecule has 20 heavy (non-hydrogen) atoms. The zero-order valence-electron chi connectivity index (χ0n) is 11.8. The highest BCUT2D eigenvalue weighted by Gasteiger charge is 2.12. The van der Waals surface area contributed by atoms with Gasteiger partial charge in [0.05, 0.1) is 0 Å². The third-order valence-electron chi connectivity index (χ3n) is 3.40. The Bertz CT molecular complexity index is 566. The molecule has 106 valence electrons. The monoisotopic (exact) mass is 383 g/mol. The second kappa shape index (κ2) is 7.18. The molecule has 2 aromatic carbocycles. The van der Waals surface area contributed by atoms with Crippen molar-refractivity contribution in [1.29, 1.82) is 0 Å². The molecule has 0 aliphatic heterocycles. The highest BCUT2D eigenvalue weighted by atomic mass is 127. The van der Waals surface area contributed by atoms with E-state index in [0.29, 0.717) is 5.56 Å². The number of likely N-dealkylation sites (N-methyl/N-ethyl adjacent to an activating group) is 1. The van der Waals surface area contributed by atoms with Crippen molar-refractivity contribution >= 4 is 22.6 Å². The van der Waals surface area contributed by atoms with Crippen LogP contribution in [0, 0.1) is 16.3 Å². The van der Waals surface area contributed by atoms with E-state index in [-0.39, 0.29) is 11.9 Å². The molecule has 0 bridgehead atoms. The van der Waals surface area contributed by atoms with E-state index in [2.05, 4.69) is 59.1 Å². The van der Waals surface area contributed by atoms with Gasteiger partial charge in [-0.25, -0.2) is 4.39 Å². The Morgan fingerprint density at radius 1 is 1.15 bits per heavy atom. The average Bonchev–Trinajstić information content (AvgIpc) is 2.44. The molecule has 0 saturated carbocycles. The van der Waals surface area contributed by atoms with E-state index in [1.807, 2.05) is 12.1 Å². The molecule has 1 unspecified atom stereocenters. The summed E-state index contributed by atoms with van der Waals surface area (Å²) in [4.78, 5) is 0. The Labute approximate surface area is 133 Å². The molecule has 0 spiro atoms. The highest BCUT2D eigenvalue weighted by molar-refractivity contribution is 14.1. The van der Waals surface area contributed by atoms with Crippen LogP contribution >= 0.6 is 22.6 Å². The van der Waals surface area contributed by atoms with Crippen molar-refractivity contribution in [3.05, 3.63) is 68.5 Å². The molecule has 0 aliphatic carbocycles. The van der Waals surface area contributed by atoms with Crippen LogP contribution in [-0.4, -0.2) is 6.54 Å². The van der Waals surface area contributed by atoms with Gasteiger partial charge in [-0.15, -0.1) is 0 Å². The van der Waals surface area contributed by atoms with Crippen molar-refractivity contribution in [3.8, 4) is 0 Å². The fourth-order valence-corrected chi connectivity index (χ4v) is 2.60. The predicted octanol–water partition coefficient (Wildman–Crippen LogP) is 4.63. The average molecular weight is 383 g/mol. The second-order valence-electron chi connectivity index (χ2n) is 4.95. The van der Waals surface area contributed by atoms with E-state index in [9.17, 15) is 4.39 Å². The van der Waals surface area contributed by atoms with Gasteiger partial charge in [-0.1, -0.05) is 31.2 Å². The van der Waals surface area contributed by atoms with Crippen LogP contribution in [0.25, 0.3) is 0 Å². The van der Waals surface area contributed by atoms with Crippen LogP contribution in [0.2, 0.25) is 0 Å². The van der Waals surface area contributed by atoms with Gasteiger partial charge >= 0.3 is 0 Å². The molecule has 0 fully saturated rings. The molecule has 0 saturated heterocycles. The van der Waals surface area contributed by atoms with Gasteiger partial charge in [0.2, 0.25) is 0 Å². The lowest BCUT2D eigenvalue weighted by Crippen LogP contribution is -2.23. The summed E-state index contributed by atoms with van der Waals surface area (Å²) >= 11 is 2.30. The molecule has 0 radical (unpaired) electrons. The SMILES string of the molecule is CCNC(Cc1ccc(I)cc1)c1ccc(C)c(F)c1. The van der Waals surface area contributed by atoms with E-state index < -0.39 is 0 Å². The lowest BCUT2D eigenvalue weighted by molar-refractivity contribution is 0.541. The molecule has 1 nitrogen and oxygen atoms in total. The Morgan fingerprint density at radius 3 is 2.45 bits per heavy atom. The number of rotatable bonds is 5. The first-order valence-electron chi connectivity index (χ1n) is 6.84. The van der Waals surface area contributed by atoms with Gasteiger partial charge in [0, 0.05) is 9.61 Å². The third kappa shape index (κ3) is 4.03. The van der Waals surface area contributed by atoms with E-state index in [1.54, 1.807) is 13.0 Å². The van der Waals surface area contributed by atoms with Crippen molar-refractivity contribution in [1.82, 2.24) is 5.32 Å². The lowest BCUT2D eigenvalue weighted by atomic mass is 9.98. The van der Waals surface area contributed by atoms with Crippen LogP contribution in [-0.2, 0) is 6.42 Å². The minimum Gasteiger partial charge on any atom is -0.310 e. The van der Waals surface area contributed by atoms with Crippen LogP contribution in [0.4, 0.5) is 4.39 Å². The molecule has 2 rings (SSSR count). The Balaban J connectivity index is 2.21. The fraction of sp³-hybridized carbons (Fsp3) is 0.294. The third-order valence-corrected chi connectivity index (χ3v) is 4.12. The van der Waals surface area contributed by atoms with E-state index in [1.165, 1.54) is 9.13 Å². The lowest BCUT2D eigenvalue weighted by Gasteiger charge is -2.19. The van der Waals surface area contributed by atoms with Crippen molar-refractivity contribution in [2.75, 3.05) is 6.54 Å². The summed E-state index contributed by atoms with van der Waals surface area (Å²) in [5, 5.41) is 3.44. The van der Waals surface area contributed by atoms with Gasteiger partial charge in [0.15, 0.2) is 0 Å². The molecule has 1 N–H and O–H groups in total. The quantitative estimate of drug-likeness (QED) is 0.743. The first-order valence-corrected chi connectivity index (χ1v) is 7.92. The topological polar surface area (TPSA) is 12.0 Å². The Kier molecular flexibility index (Phi) is 5.54. The van der Waals surface area contributed by atoms with Crippen LogP contribution < -0.4 is 5.32 Å². The van der Waals surface area contributed by atoms with Gasteiger partial charge < -0.3 is 5.32 Å². The first-order chi connectivity index (χ1) is 9.60. The summed E-state index contributed by atoms with van der Waals surface area (Å²) < 4.78 is 15.0. The van der Waals surface area contributed by atoms with Gasteiger partial charge in [-0.05, 0) is 77.4 Å². The summed E-state index contributed by atoms with van der Waals surface area (Å²) in [6.07, 6.45) is 0.868. The molecule has 0 amide bonds. The summed E-state index contributed by atoms with van der Waals surface area (Å²) in [5.41, 5.74) is 2.96. The number of aryl methyl sites for hydroxylation is 1. The molecule has 0 aromatic heterocycles. The minimum atomic E-state index is -0.131. The normalized spacial score (nSPS) is 12.4. The summed E-state index contributed by atoms with van der Waals surface area (Å²) in [6.45, 7) is 4.73. The summed E-state index contributed by atoms with van der Waals surface area (Å²) in [5.74, 6) is -0.131. The van der Waals surface area contributed by atoms with Crippen molar-refractivity contribution in [3.63, 3.8) is 0 Å². The standard InChI is InChI=1S/C17H19FIN/c1-3-20-17(10-13-5-8-15(19)9-6-13)14-7-4-12(2)16(18)11-14/h4-9,11,17,20H,3,10H2,1-2H3. The minimum absolute atomic E-state index is 0.131. The first kappa shape index (κ1) is 15.4. The number of halogens is 2. The second-order valence-corrected chi connectivity index (χ2v) is 6.20. The van der Waals surface area contributed by atoms with Gasteiger partial charge in [0.25, 0.3) is 0 Å². The van der Waals surface area contributed by atoms with Crippen LogP contribution in [0.1, 0.15) is 29.7 Å². The number of benzene rings is 2. The number of nitrogens with one attached hydrogen (secondary N) is 1. The fourth-order valence-electron chi connectivity index (χ4n) is 2.24. The van der Waals surface area contributed by atoms with E-state index in [4.69, 9.17) is 0 Å². The van der Waals surface area contributed by atoms with E-state index in [0.717, 1.165) is 18.5 Å². The van der Waals surface area contributed by atoms with Crippen LogP contribution in [0.15, 0.2) is 42.5 Å². The maximum atomic E-state index is 13.7. The number of hydrogen-bond acceptors (Lipinski definition) is 1. The van der Waals surface area contributed by atoms with Gasteiger partial charge in [-0.3, -0.25) is 0 Å². The van der Waals surface area contributed by atoms with E-state index >= 15 is 0 Å². The molecular formula is C17H19FIN. The zero-order valence-corrected chi connectivity index (χ0v) is 13.9. The van der Waals surface area contributed by atoms with Crippen molar-refractivity contribution in [2.45, 2.75) is 26.3 Å². The Morgan fingerprint density at radius 2 is 1.85 bits per heavy atom. The highest BCUT2D eigenvalue weighted by Crippen LogP contribution is 2.21. The molecular weight excluding hydrogens is 364 g/mol. The summed E-state index contributed by atoms with van der Waals surface area (Å²) in [7, 11) is 0. The van der Waals surface area contributed by atoms with Crippen molar-refractivity contribution < 1.29 is 4.39 Å². The van der Waals surface area contributed by atoms with Gasteiger partial charge in [-0.2, -0.15) is 0 Å². The van der Waals surface area contributed by atoms with Crippen LogP contribution in [0.5, 0.6) is 0 Å². The molecule has 3 heteroatoms. The zero-order chi connectivity index (χ0) is 14.5. The predicted molar refractivity (Wildman–Crippen MR) is 90.4 cm³/mol. The molecule has 0 heterocycles. The van der Waals surface area contributed by atoms with Gasteiger partial charge in [0.1, 0.15) is 5.82 Å². The van der Waals surface area contributed by atoms with Crippen LogP contribution in [0.3, 0.4) is 0 Å².